The molecule has 1 atom stereocenters. The van der Waals surface area contributed by atoms with Gasteiger partial charge in [-0.15, -0.1) is 12.2 Å². The number of methoxy groups -OCH3 is 2. The highest BCUT2D eigenvalue weighted by atomic mass is 32.9. The molecule has 1 aromatic rings. The van der Waals surface area contributed by atoms with Crippen LogP contribution in [0.2, 0.25) is 0 Å². The highest BCUT2D eigenvalue weighted by Crippen LogP contribution is 2.50. The van der Waals surface area contributed by atoms with Crippen LogP contribution in [0.15, 0.2) is 24.3 Å². The molecule has 0 spiro atoms. The van der Waals surface area contributed by atoms with Crippen molar-refractivity contribution in [3.8, 4) is 5.75 Å². The molecular weight excluding hydrogens is 263 g/mol. The van der Waals surface area contributed by atoms with Crippen molar-refractivity contribution in [2.75, 3.05) is 27.4 Å². The molecule has 0 amide bonds. The number of rotatable bonds is 6. The maximum absolute atomic E-state index is 5.55. The molecule has 0 bridgehead atoms. The smallest absolute Gasteiger partial charge is 0.145 e. The Morgan fingerprint density at radius 1 is 1.19 bits per heavy atom. The van der Waals surface area contributed by atoms with Gasteiger partial charge in [-0.3, -0.25) is 0 Å². The normalized spacial score (nSPS) is 14.4. The lowest BCUT2D eigenvalue weighted by atomic mass is 10.3. The van der Waals surface area contributed by atoms with Gasteiger partial charge in [0.2, 0.25) is 0 Å². The van der Waals surface area contributed by atoms with E-state index in [0.717, 1.165) is 11.1 Å². The molecule has 0 aromatic heterocycles. The molecule has 1 rings (SSSR count). The second-order valence-electron chi connectivity index (χ2n) is 3.04. The number of hydrogen-bond acceptors (Lipinski definition) is 4. The van der Waals surface area contributed by atoms with E-state index < -0.39 is 5.47 Å². The van der Waals surface area contributed by atoms with E-state index in [4.69, 9.17) is 25.8 Å². The highest BCUT2D eigenvalue weighted by molar-refractivity contribution is 8.64. The van der Waals surface area contributed by atoms with Crippen molar-refractivity contribution < 1.29 is 14.0 Å². The Bertz CT molecular complexity index is 367. The first-order valence-electron chi connectivity index (χ1n) is 4.71. The van der Waals surface area contributed by atoms with Crippen molar-refractivity contribution in [1.29, 1.82) is 0 Å². The van der Waals surface area contributed by atoms with Gasteiger partial charge in [0.15, 0.2) is 0 Å². The van der Waals surface area contributed by atoms with Gasteiger partial charge in [-0.1, -0.05) is 11.8 Å². The standard InChI is InChI=1S/C10H15O3PS2/c1-11-7-8-13-14(15,16)10-5-3-9(12-2)4-6-10/h3-6H,7-8H2,1-2H3,(H,15,16). The molecule has 3 nitrogen and oxygen atoms in total. The lowest BCUT2D eigenvalue weighted by Crippen LogP contribution is -2.06. The Kier molecular flexibility index (Phi) is 5.79. The van der Waals surface area contributed by atoms with E-state index in [1.807, 2.05) is 24.3 Å². The van der Waals surface area contributed by atoms with Crippen molar-refractivity contribution in [1.82, 2.24) is 0 Å². The zero-order chi connectivity index (χ0) is 12.0. The first-order valence-corrected chi connectivity index (χ1v) is 8.58. The van der Waals surface area contributed by atoms with E-state index in [1.54, 1.807) is 14.2 Å². The Morgan fingerprint density at radius 3 is 2.31 bits per heavy atom. The van der Waals surface area contributed by atoms with Crippen LogP contribution in [0, 0.1) is 0 Å². The van der Waals surface area contributed by atoms with E-state index in [9.17, 15) is 0 Å². The van der Waals surface area contributed by atoms with Crippen LogP contribution in [0.1, 0.15) is 0 Å². The number of thiol groups is 1. The quantitative estimate of drug-likeness (QED) is 0.490. The average molecular weight is 278 g/mol. The van der Waals surface area contributed by atoms with Crippen LogP contribution in [0.4, 0.5) is 0 Å². The number of hydrogen-bond donors (Lipinski definition) is 1. The van der Waals surface area contributed by atoms with Crippen LogP contribution < -0.4 is 10.0 Å². The molecule has 0 aliphatic carbocycles. The molecule has 6 heteroatoms. The minimum atomic E-state index is -2.21. The van der Waals surface area contributed by atoms with E-state index in [-0.39, 0.29) is 0 Å². The summed E-state index contributed by atoms with van der Waals surface area (Å²) in [5.74, 6) is 0.795. The summed E-state index contributed by atoms with van der Waals surface area (Å²) in [6.07, 6.45) is 0. The number of benzene rings is 1. The monoisotopic (exact) mass is 278 g/mol. The third-order valence-electron chi connectivity index (χ3n) is 1.95. The SMILES string of the molecule is COCCOP(=S)(S)c1ccc(OC)cc1. The second-order valence-corrected chi connectivity index (χ2v) is 8.90. The largest absolute Gasteiger partial charge is 0.497 e. The van der Waals surface area contributed by atoms with Gasteiger partial charge >= 0.3 is 0 Å². The molecule has 1 unspecified atom stereocenters. The summed E-state index contributed by atoms with van der Waals surface area (Å²) in [6, 6.07) is 7.48. The molecule has 0 saturated carbocycles. The Balaban J connectivity index is 2.69. The summed E-state index contributed by atoms with van der Waals surface area (Å²) in [4.78, 5) is 0. The van der Waals surface area contributed by atoms with Crippen LogP contribution >= 0.6 is 17.7 Å². The molecule has 0 aliphatic rings. The van der Waals surface area contributed by atoms with Crippen LogP contribution in [-0.2, 0) is 21.1 Å². The lowest BCUT2D eigenvalue weighted by molar-refractivity contribution is 0.155. The minimum Gasteiger partial charge on any atom is -0.497 e. The van der Waals surface area contributed by atoms with Crippen LogP contribution in [0.3, 0.4) is 0 Å². The van der Waals surface area contributed by atoms with Gasteiger partial charge in [0.25, 0.3) is 0 Å². The molecular formula is C10H15O3PS2. The van der Waals surface area contributed by atoms with Gasteiger partial charge in [0.1, 0.15) is 11.2 Å². The topological polar surface area (TPSA) is 27.7 Å². The van der Waals surface area contributed by atoms with Crippen molar-refractivity contribution in [2.24, 2.45) is 0 Å². The molecule has 90 valence electrons. The molecule has 1 aromatic carbocycles. The highest BCUT2D eigenvalue weighted by Gasteiger charge is 2.15. The van der Waals surface area contributed by atoms with Gasteiger partial charge in [-0.25, -0.2) is 0 Å². The molecule has 16 heavy (non-hydrogen) atoms. The Morgan fingerprint density at radius 2 is 1.81 bits per heavy atom. The Labute approximate surface area is 106 Å². The van der Waals surface area contributed by atoms with Crippen LogP contribution in [0.5, 0.6) is 5.75 Å². The van der Waals surface area contributed by atoms with E-state index in [2.05, 4.69) is 12.2 Å². The summed E-state index contributed by atoms with van der Waals surface area (Å²) < 4.78 is 15.5. The summed E-state index contributed by atoms with van der Waals surface area (Å²) in [5, 5.41) is 0.919. The molecule has 0 N–H and O–H groups in total. The summed E-state index contributed by atoms with van der Waals surface area (Å²) in [6.45, 7) is 0.985. The van der Waals surface area contributed by atoms with Crippen molar-refractivity contribution in [2.45, 2.75) is 0 Å². The van der Waals surface area contributed by atoms with E-state index >= 15 is 0 Å². The van der Waals surface area contributed by atoms with Gasteiger partial charge in [0.05, 0.1) is 20.3 Å². The molecule has 0 saturated heterocycles. The van der Waals surface area contributed by atoms with Gasteiger partial charge in [-0.2, -0.15) is 0 Å². The Hall–Kier alpha value is -0.0600. The van der Waals surface area contributed by atoms with Gasteiger partial charge in [0, 0.05) is 12.4 Å². The summed E-state index contributed by atoms with van der Waals surface area (Å²) >= 11 is 9.78. The van der Waals surface area contributed by atoms with Crippen LogP contribution in [-0.4, -0.2) is 27.4 Å². The second kappa shape index (κ2) is 6.62. The number of ether oxygens (including phenoxy) is 2. The zero-order valence-corrected chi connectivity index (χ0v) is 11.9. The molecule has 0 heterocycles. The van der Waals surface area contributed by atoms with Crippen molar-refractivity contribution in [3.05, 3.63) is 24.3 Å². The third kappa shape index (κ3) is 4.07. The fraction of sp³-hybridized carbons (Fsp3) is 0.400. The minimum absolute atomic E-state index is 0.462. The third-order valence-corrected chi connectivity index (χ3v) is 5.42. The predicted octanol–water partition coefficient (Wildman–Crippen LogP) is 2.22. The summed E-state index contributed by atoms with van der Waals surface area (Å²) in [5.41, 5.74) is -2.21. The van der Waals surface area contributed by atoms with Gasteiger partial charge < -0.3 is 14.0 Å². The first-order chi connectivity index (χ1) is 7.60. The van der Waals surface area contributed by atoms with Gasteiger partial charge in [-0.05, 0) is 24.3 Å². The molecule has 0 radical (unpaired) electrons. The van der Waals surface area contributed by atoms with E-state index in [0.29, 0.717) is 13.2 Å². The van der Waals surface area contributed by atoms with Crippen molar-refractivity contribution in [3.63, 3.8) is 0 Å². The zero-order valence-electron chi connectivity index (χ0n) is 9.25. The first kappa shape index (κ1) is 14.0. The maximum atomic E-state index is 5.55. The molecule has 0 fully saturated rings. The predicted molar refractivity (Wildman–Crippen MR) is 73.7 cm³/mol. The maximum Gasteiger partial charge on any atom is 0.145 e. The average Bonchev–Trinajstić information content (AvgIpc) is 2.29. The fourth-order valence-electron chi connectivity index (χ4n) is 1.09. The summed E-state index contributed by atoms with van der Waals surface area (Å²) in [7, 11) is 3.25. The van der Waals surface area contributed by atoms with Crippen LogP contribution in [0.25, 0.3) is 0 Å². The van der Waals surface area contributed by atoms with Crippen molar-refractivity contribution >= 4 is 34.8 Å². The fourth-order valence-corrected chi connectivity index (χ4v) is 3.32. The van der Waals surface area contributed by atoms with E-state index in [1.165, 1.54) is 0 Å². The lowest BCUT2D eigenvalue weighted by Gasteiger charge is -2.16. The molecule has 0 aliphatic heterocycles.